The predicted molar refractivity (Wildman–Crippen MR) is 103 cm³/mol. The van der Waals surface area contributed by atoms with Crippen LogP contribution in [0.15, 0.2) is 54.6 Å². The van der Waals surface area contributed by atoms with E-state index in [-0.39, 0.29) is 5.91 Å². The van der Waals surface area contributed by atoms with Crippen LogP contribution in [0, 0.1) is 0 Å². The van der Waals surface area contributed by atoms with Crippen LogP contribution in [-0.2, 0) is 21.2 Å². The summed E-state index contributed by atoms with van der Waals surface area (Å²) in [6.07, 6.45) is 1.76. The van der Waals surface area contributed by atoms with Gasteiger partial charge in [-0.15, -0.1) is 0 Å². The molecule has 2 aromatic carbocycles. The molecule has 0 saturated heterocycles. The van der Waals surface area contributed by atoms with E-state index in [1.165, 1.54) is 7.11 Å². The molecule has 0 aliphatic heterocycles. The second-order valence-electron chi connectivity index (χ2n) is 5.96. The van der Waals surface area contributed by atoms with E-state index >= 15 is 0 Å². The zero-order valence-corrected chi connectivity index (χ0v) is 16.0. The van der Waals surface area contributed by atoms with Crippen LogP contribution >= 0.6 is 0 Å². The highest BCUT2D eigenvalue weighted by molar-refractivity contribution is 7.92. The number of hydrogen-bond acceptors (Lipinski definition) is 4. The summed E-state index contributed by atoms with van der Waals surface area (Å²) in [6, 6.07) is 15.5. The molecule has 0 aliphatic carbocycles. The molecular weight excluding hydrogens is 352 g/mol. The van der Waals surface area contributed by atoms with Crippen LogP contribution in [-0.4, -0.2) is 40.3 Å². The van der Waals surface area contributed by atoms with E-state index in [0.29, 0.717) is 24.4 Å². The zero-order valence-electron chi connectivity index (χ0n) is 15.2. The minimum atomic E-state index is -3.65. The first-order valence-corrected chi connectivity index (χ1v) is 10.1. The van der Waals surface area contributed by atoms with Gasteiger partial charge in [0.2, 0.25) is 15.9 Å². The van der Waals surface area contributed by atoms with Gasteiger partial charge in [0.25, 0.3) is 0 Å². The third-order valence-electron chi connectivity index (χ3n) is 3.95. The van der Waals surface area contributed by atoms with Gasteiger partial charge in [0.15, 0.2) is 0 Å². The van der Waals surface area contributed by atoms with Gasteiger partial charge in [-0.25, -0.2) is 8.42 Å². The Kier molecular flexibility index (Phi) is 6.63. The Labute approximate surface area is 154 Å². The van der Waals surface area contributed by atoms with Crippen LogP contribution in [0.2, 0.25) is 0 Å². The first-order chi connectivity index (χ1) is 12.3. The van der Waals surface area contributed by atoms with Gasteiger partial charge in [-0.05, 0) is 31.0 Å². The number of carbonyl (C=O) groups excluding carboxylic acids is 1. The van der Waals surface area contributed by atoms with E-state index in [1.807, 2.05) is 30.3 Å². The highest BCUT2D eigenvalue weighted by Gasteiger charge is 2.29. The van der Waals surface area contributed by atoms with E-state index < -0.39 is 16.1 Å². The number of ether oxygens (including phenoxy) is 1. The van der Waals surface area contributed by atoms with Crippen LogP contribution in [0.5, 0.6) is 5.75 Å². The summed E-state index contributed by atoms with van der Waals surface area (Å²) in [5.41, 5.74) is 1.49. The van der Waals surface area contributed by atoms with Gasteiger partial charge in [0.1, 0.15) is 11.8 Å². The number of hydrogen-bond donors (Lipinski definition) is 1. The first kappa shape index (κ1) is 19.8. The fraction of sp³-hybridized carbons (Fsp3) is 0.316. The smallest absolute Gasteiger partial charge is 0.243 e. The zero-order chi connectivity index (χ0) is 19.2. The third kappa shape index (κ3) is 5.23. The molecule has 1 unspecified atom stereocenters. The molecule has 1 N–H and O–H groups in total. The number of carbonyl (C=O) groups is 1. The number of rotatable bonds is 8. The summed E-state index contributed by atoms with van der Waals surface area (Å²) in [6.45, 7) is 2.00. The van der Waals surface area contributed by atoms with E-state index in [2.05, 4.69) is 5.32 Å². The monoisotopic (exact) mass is 376 g/mol. The van der Waals surface area contributed by atoms with Crippen molar-refractivity contribution in [2.24, 2.45) is 0 Å². The van der Waals surface area contributed by atoms with Crippen LogP contribution in [0.3, 0.4) is 0 Å². The Morgan fingerprint density at radius 2 is 1.85 bits per heavy atom. The van der Waals surface area contributed by atoms with Crippen molar-refractivity contribution in [3.63, 3.8) is 0 Å². The van der Waals surface area contributed by atoms with Crippen molar-refractivity contribution in [2.75, 3.05) is 24.2 Å². The summed E-state index contributed by atoms with van der Waals surface area (Å²) in [4.78, 5) is 12.5. The molecule has 0 bridgehead atoms. The fourth-order valence-corrected chi connectivity index (χ4v) is 3.85. The fourth-order valence-electron chi connectivity index (χ4n) is 2.68. The molecule has 0 spiro atoms. The Hall–Kier alpha value is -2.54. The lowest BCUT2D eigenvalue weighted by molar-refractivity contribution is -0.121. The molecule has 0 saturated carbocycles. The Bertz CT molecular complexity index is 838. The summed E-state index contributed by atoms with van der Waals surface area (Å²) >= 11 is 0. The second kappa shape index (κ2) is 8.71. The average molecular weight is 376 g/mol. The van der Waals surface area contributed by atoms with E-state index in [9.17, 15) is 13.2 Å². The Morgan fingerprint density at radius 1 is 1.15 bits per heavy atom. The number of nitrogens with one attached hydrogen (secondary N) is 1. The number of methoxy groups -OCH3 is 1. The predicted octanol–water partition coefficient (Wildman–Crippen LogP) is 2.21. The van der Waals surface area contributed by atoms with Crippen LogP contribution < -0.4 is 14.4 Å². The number of nitrogens with zero attached hydrogens (tertiary/aromatic N) is 1. The second-order valence-corrected chi connectivity index (χ2v) is 7.82. The van der Waals surface area contributed by atoms with Crippen molar-refractivity contribution in [3.8, 4) is 5.75 Å². The van der Waals surface area contributed by atoms with E-state index in [1.54, 1.807) is 31.2 Å². The van der Waals surface area contributed by atoms with Gasteiger partial charge in [-0.3, -0.25) is 9.10 Å². The lowest BCUT2D eigenvalue weighted by Gasteiger charge is -2.28. The average Bonchev–Trinajstić information content (AvgIpc) is 2.61. The maximum absolute atomic E-state index is 12.5. The maximum atomic E-state index is 12.5. The van der Waals surface area contributed by atoms with Gasteiger partial charge in [-0.2, -0.15) is 0 Å². The summed E-state index contributed by atoms with van der Waals surface area (Å²) in [7, 11) is -2.14. The highest BCUT2D eigenvalue weighted by atomic mass is 32.2. The minimum absolute atomic E-state index is 0.353. The number of benzene rings is 2. The molecule has 26 heavy (non-hydrogen) atoms. The Balaban J connectivity index is 2.10. The summed E-state index contributed by atoms with van der Waals surface area (Å²) < 4.78 is 30.8. The lowest BCUT2D eigenvalue weighted by atomic mass is 10.1. The van der Waals surface area contributed by atoms with E-state index in [4.69, 9.17) is 4.74 Å². The van der Waals surface area contributed by atoms with Gasteiger partial charge < -0.3 is 10.1 Å². The molecule has 0 aromatic heterocycles. The molecule has 0 radical (unpaired) electrons. The number of anilines is 1. The molecule has 2 rings (SSSR count). The van der Waals surface area contributed by atoms with Gasteiger partial charge in [0.05, 0.1) is 19.1 Å². The molecule has 0 heterocycles. The van der Waals surface area contributed by atoms with Crippen LogP contribution in [0.4, 0.5) is 5.69 Å². The molecule has 0 aliphatic rings. The van der Waals surface area contributed by atoms with Crippen molar-refractivity contribution < 1.29 is 17.9 Å². The van der Waals surface area contributed by atoms with Crippen molar-refractivity contribution in [2.45, 2.75) is 19.4 Å². The molecular formula is C19H24N2O4S. The molecule has 7 heteroatoms. The SMILES string of the molecule is COc1cccc(N(C(C)C(=O)NCCc2ccccc2)S(C)(=O)=O)c1. The largest absolute Gasteiger partial charge is 0.497 e. The molecule has 6 nitrogen and oxygen atoms in total. The highest BCUT2D eigenvalue weighted by Crippen LogP contribution is 2.25. The van der Waals surface area contributed by atoms with Crippen LogP contribution in [0.1, 0.15) is 12.5 Å². The quantitative estimate of drug-likeness (QED) is 0.766. The molecule has 0 fully saturated rings. The standard InChI is InChI=1S/C19H24N2O4S/c1-15(19(22)20-13-12-16-8-5-4-6-9-16)21(26(3,23)24)17-10-7-11-18(14-17)25-2/h4-11,14-15H,12-13H2,1-3H3,(H,20,22). The summed E-state index contributed by atoms with van der Waals surface area (Å²) in [5.74, 6) is 0.169. The molecule has 140 valence electrons. The van der Waals surface area contributed by atoms with Gasteiger partial charge >= 0.3 is 0 Å². The van der Waals surface area contributed by atoms with Gasteiger partial charge in [0, 0.05) is 12.6 Å². The molecule has 1 atom stereocenters. The van der Waals surface area contributed by atoms with Crippen molar-refractivity contribution in [1.29, 1.82) is 0 Å². The molecule has 2 aromatic rings. The lowest BCUT2D eigenvalue weighted by Crippen LogP contribution is -2.48. The van der Waals surface area contributed by atoms with Crippen molar-refractivity contribution in [1.82, 2.24) is 5.32 Å². The first-order valence-electron chi connectivity index (χ1n) is 8.28. The topological polar surface area (TPSA) is 75.7 Å². The van der Waals surface area contributed by atoms with E-state index in [0.717, 1.165) is 16.1 Å². The number of sulfonamides is 1. The van der Waals surface area contributed by atoms with Crippen LogP contribution in [0.25, 0.3) is 0 Å². The number of amides is 1. The third-order valence-corrected chi connectivity index (χ3v) is 5.19. The van der Waals surface area contributed by atoms with Crippen molar-refractivity contribution in [3.05, 3.63) is 60.2 Å². The minimum Gasteiger partial charge on any atom is -0.497 e. The van der Waals surface area contributed by atoms with Crippen molar-refractivity contribution >= 4 is 21.6 Å². The van der Waals surface area contributed by atoms with Gasteiger partial charge in [-0.1, -0.05) is 36.4 Å². The normalized spacial score (nSPS) is 12.3. The maximum Gasteiger partial charge on any atom is 0.243 e. The summed E-state index contributed by atoms with van der Waals surface area (Å²) in [5, 5.41) is 2.81. The Morgan fingerprint density at radius 3 is 2.46 bits per heavy atom. The molecule has 1 amide bonds.